The van der Waals surface area contributed by atoms with Crippen molar-refractivity contribution in [2.45, 2.75) is 38.3 Å². The number of piperidine rings is 1. The van der Waals surface area contributed by atoms with Gasteiger partial charge >= 0.3 is 0 Å². The highest BCUT2D eigenvalue weighted by Crippen LogP contribution is 2.15. The molecule has 1 aliphatic heterocycles. The van der Waals surface area contributed by atoms with Gasteiger partial charge in [0.1, 0.15) is 5.82 Å². The van der Waals surface area contributed by atoms with Crippen LogP contribution in [0.4, 0.5) is 4.39 Å². The number of carbonyl (C=O) groups excluding carboxylic acids is 1. The first-order valence-electron chi connectivity index (χ1n) is 7.55. The normalized spacial score (nSPS) is 19.2. The Bertz CT molecular complexity index is 489. The van der Waals surface area contributed by atoms with Gasteiger partial charge in [0.2, 0.25) is 5.91 Å². The van der Waals surface area contributed by atoms with Crippen LogP contribution in [0.2, 0.25) is 0 Å². The van der Waals surface area contributed by atoms with Gasteiger partial charge in [0.05, 0.1) is 0 Å². The number of carbonyl (C=O) groups is 1. The molecule has 1 heterocycles. The molecule has 1 saturated heterocycles. The molecule has 0 unspecified atom stereocenters. The Hall–Kier alpha value is -1.68. The third kappa shape index (κ3) is 4.97. The average Bonchev–Trinajstić information content (AvgIpc) is 2.48. The van der Waals surface area contributed by atoms with Crippen LogP contribution in [0, 0.1) is 5.82 Å². The molecule has 0 aliphatic carbocycles. The van der Waals surface area contributed by atoms with E-state index >= 15 is 0 Å². The lowest BCUT2D eigenvalue weighted by molar-refractivity contribution is -0.122. The maximum absolute atomic E-state index is 13.7. The minimum Gasteiger partial charge on any atom is -0.352 e. The Morgan fingerprint density at radius 2 is 2.29 bits per heavy atom. The Labute approximate surface area is 125 Å². The third-order valence-electron chi connectivity index (χ3n) is 3.80. The minimum atomic E-state index is -0.158. The quantitative estimate of drug-likeness (QED) is 0.817. The summed E-state index contributed by atoms with van der Waals surface area (Å²) in [7, 11) is 0. The molecule has 3 nitrogen and oxygen atoms in total. The highest BCUT2D eigenvalue weighted by Gasteiger charge is 2.21. The summed E-state index contributed by atoms with van der Waals surface area (Å²) in [5.41, 5.74) is 0.719. The second-order valence-corrected chi connectivity index (χ2v) is 5.56. The van der Waals surface area contributed by atoms with Crippen LogP contribution in [0.15, 0.2) is 36.9 Å². The molecule has 1 atom stereocenters. The van der Waals surface area contributed by atoms with Crippen LogP contribution in [0.1, 0.15) is 31.2 Å². The predicted molar refractivity (Wildman–Crippen MR) is 82.3 cm³/mol. The largest absolute Gasteiger partial charge is 0.352 e. The van der Waals surface area contributed by atoms with E-state index in [9.17, 15) is 9.18 Å². The molecule has 1 aliphatic rings. The lowest BCUT2D eigenvalue weighted by atomic mass is 10.0. The number of hydrogen-bond acceptors (Lipinski definition) is 2. The molecule has 0 bridgehead atoms. The fourth-order valence-corrected chi connectivity index (χ4v) is 2.72. The van der Waals surface area contributed by atoms with E-state index in [0.717, 1.165) is 31.5 Å². The van der Waals surface area contributed by atoms with Crippen molar-refractivity contribution in [1.29, 1.82) is 0 Å². The van der Waals surface area contributed by atoms with E-state index in [1.54, 1.807) is 12.1 Å². The van der Waals surface area contributed by atoms with Crippen molar-refractivity contribution >= 4 is 5.91 Å². The van der Waals surface area contributed by atoms with Crippen molar-refractivity contribution in [3.8, 4) is 0 Å². The molecule has 0 radical (unpaired) electrons. The van der Waals surface area contributed by atoms with Crippen molar-refractivity contribution in [2.75, 3.05) is 13.1 Å². The number of rotatable bonds is 6. The maximum Gasteiger partial charge on any atom is 0.220 e. The Morgan fingerprint density at radius 1 is 1.48 bits per heavy atom. The van der Waals surface area contributed by atoms with Crippen LogP contribution in [-0.2, 0) is 11.3 Å². The van der Waals surface area contributed by atoms with E-state index in [4.69, 9.17) is 0 Å². The van der Waals surface area contributed by atoms with Crippen molar-refractivity contribution < 1.29 is 9.18 Å². The zero-order chi connectivity index (χ0) is 15.1. The Kier molecular flexibility index (Phi) is 5.93. The Balaban J connectivity index is 1.84. The number of nitrogens with zero attached hydrogens (tertiary/aromatic N) is 1. The van der Waals surface area contributed by atoms with Gasteiger partial charge in [-0.25, -0.2) is 4.39 Å². The lowest BCUT2D eigenvalue weighted by Gasteiger charge is -2.33. The van der Waals surface area contributed by atoms with Gasteiger partial charge in [-0.3, -0.25) is 9.69 Å². The zero-order valence-corrected chi connectivity index (χ0v) is 12.4. The second kappa shape index (κ2) is 7.93. The van der Waals surface area contributed by atoms with Crippen LogP contribution in [0.5, 0.6) is 0 Å². The molecular formula is C17H23FN2O. The van der Waals surface area contributed by atoms with E-state index in [1.807, 2.05) is 12.1 Å². The first-order valence-corrected chi connectivity index (χ1v) is 7.55. The number of amides is 1. The molecule has 0 saturated carbocycles. The summed E-state index contributed by atoms with van der Waals surface area (Å²) in [5.74, 6) is -0.0812. The van der Waals surface area contributed by atoms with Crippen LogP contribution < -0.4 is 5.32 Å². The fourth-order valence-electron chi connectivity index (χ4n) is 2.72. The average molecular weight is 290 g/mol. The van der Waals surface area contributed by atoms with Crippen molar-refractivity contribution in [3.05, 3.63) is 48.3 Å². The number of likely N-dealkylation sites (tertiary alicyclic amines) is 1. The maximum atomic E-state index is 13.7. The van der Waals surface area contributed by atoms with Gasteiger partial charge in [0.25, 0.3) is 0 Å². The minimum absolute atomic E-state index is 0.0765. The second-order valence-electron chi connectivity index (χ2n) is 5.56. The lowest BCUT2D eigenvalue weighted by Crippen LogP contribution is -2.47. The molecule has 21 heavy (non-hydrogen) atoms. The van der Waals surface area contributed by atoms with E-state index in [-0.39, 0.29) is 17.8 Å². The molecule has 1 aromatic carbocycles. The van der Waals surface area contributed by atoms with E-state index in [0.29, 0.717) is 19.4 Å². The molecule has 1 N–H and O–H groups in total. The van der Waals surface area contributed by atoms with Gasteiger partial charge in [0, 0.05) is 31.1 Å². The molecule has 0 aromatic heterocycles. The number of halogens is 1. The van der Waals surface area contributed by atoms with Crippen LogP contribution in [0.25, 0.3) is 0 Å². The van der Waals surface area contributed by atoms with E-state index in [1.165, 1.54) is 6.07 Å². The van der Waals surface area contributed by atoms with Gasteiger partial charge in [-0.15, -0.1) is 6.58 Å². The summed E-state index contributed by atoms with van der Waals surface area (Å²) in [6.45, 7) is 5.96. The van der Waals surface area contributed by atoms with Crippen LogP contribution in [-0.4, -0.2) is 29.9 Å². The summed E-state index contributed by atoms with van der Waals surface area (Å²) in [4.78, 5) is 14.0. The van der Waals surface area contributed by atoms with Crippen LogP contribution in [0.3, 0.4) is 0 Å². The first-order chi connectivity index (χ1) is 10.2. The molecule has 1 aromatic rings. The van der Waals surface area contributed by atoms with Crippen molar-refractivity contribution in [1.82, 2.24) is 10.2 Å². The summed E-state index contributed by atoms with van der Waals surface area (Å²) in [6.07, 6.45) is 4.98. The van der Waals surface area contributed by atoms with Gasteiger partial charge in [0.15, 0.2) is 0 Å². The molecule has 2 rings (SSSR count). The third-order valence-corrected chi connectivity index (χ3v) is 3.80. The van der Waals surface area contributed by atoms with Gasteiger partial charge < -0.3 is 5.32 Å². The topological polar surface area (TPSA) is 32.3 Å². The van der Waals surface area contributed by atoms with Gasteiger partial charge in [-0.1, -0.05) is 24.3 Å². The molecule has 0 spiro atoms. The Morgan fingerprint density at radius 3 is 3.05 bits per heavy atom. The van der Waals surface area contributed by atoms with Gasteiger partial charge in [-0.05, 0) is 31.9 Å². The van der Waals surface area contributed by atoms with Gasteiger partial charge in [-0.2, -0.15) is 0 Å². The summed E-state index contributed by atoms with van der Waals surface area (Å²) in [6, 6.07) is 7.05. The number of allylic oxidation sites excluding steroid dienone is 1. The first kappa shape index (κ1) is 15.7. The smallest absolute Gasteiger partial charge is 0.220 e. The molecule has 1 amide bonds. The van der Waals surface area contributed by atoms with Crippen molar-refractivity contribution in [2.24, 2.45) is 0 Å². The molecule has 4 heteroatoms. The summed E-state index contributed by atoms with van der Waals surface area (Å²) in [5, 5.41) is 3.06. The predicted octanol–water partition coefficient (Wildman–Crippen LogP) is 2.87. The number of nitrogens with one attached hydrogen (secondary N) is 1. The molecule has 1 fully saturated rings. The molecular weight excluding hydrogens is 267 g/mol. The van der Waals surface area contributed by atoms with E-state index < -0.39 is 0 Å². The summed E-state index contributed by atoms with van der Waals surface area (Å²) >= 11 is 0. The highest BCUT2D eigenvalue weighted by atomic mass is 19.1. The zero-order valence-electron chi connectivity index (χ0n) is 12.4. The number of benzene rings is 1. The van der Waals surface area contributed by atoms with Crippen LogP contribution >= 0.6 is 0 Å². The highest BCUT2D eigenvalue weighted by molar-refractivity contribution is 5.76. The molecule has 114 valence electrons. The fraction of sp³-hybridized carbons (Fsp3) is 0.471. The SMILES string of the molecule is C=CCCC(=O)N[C@@H]1CCCN(Cc2ccccc2F)C1. The number of hydrogen-bond donors (Lipinski definition) is 1. The summed E-state index contributed by atoms with van der Waals surface area (Å²) < 4.78 is 13.7. The van der Waals surface area contributed by atoms with E-state index in [2.05, 4.69) is 16.8 Å². The monoisotopic (exact) mass is 290 g/mol. The van der Waals surface area contributed by atoms with Crippen molar-refractivity contribution in [3.63, 3.8) is 0 Å². The standard InChI is InChI=1S/C17H23FN2O/c1-2-3-10-17(21)19-15-8-6-11-20(13-15)12-14-7-4-5-9-16(14)18/h2,4-5,7,9,15H,1,3,6,8,10-13H2,(H,19,21)/t15-/m1/s1.